The fourth-order valence-electron chi connectivity index (χ4n) is 2.89. The van der Waals surface area contributed by atoms with Crippen molar-refractivity contribution < 1.29 is 14.0 Å². The van der Waals surface area contributed by atoms with E-state index in [1.807, 2.05) is 32.0 Å². The summed E-state index contributed by atoms with van der Waals surface area (Å²) in [6.07, 6.45) is 0.0140. The van der Waals surface area contributed by atoms with Crippen molar-refractivity contribution in [3.63, 3.8) is 0 Å². The predicted octanol–water partition coefficient (Wildman–Crippen LogP) is 3.19. The van der Waals surface area contributed by atoms with Crippen LogP contribution in [0.1, 0.15) is 17.5 Å². The van der Waals surface area contributed by atoms with Crippen molar-refractivity contribution in [1.82, 2.24) is 0 Å². The smallest absolute Gasteiger partial charge is 0.256 e. The highest BCUT2D eigenvalue weighted by molar-refractivity contribution is 6.23. The van der Waals surface area contributed by atoms with E-state index < -0.39 is 23.7 Å². The Balaban J connectivity index is 1.85. The molecule has 0 radical (unpaired) electrons. The van der Waals surface area contributed by atoms with Gasteiger partial charge in [0.05, 0.1) is 12.1 Å². The van der Waals surface area contributed by atoms with Crippen LogP contribution >= 0.6 is 0 Å². The summed E-state index contributed by atoms with van der Waals surface area (Å²) in [5.74, 6) is -1.41. The number of carbonyl (C=O) groups excluding carboxylic acids is 2. The zero-order valence-corrected chi connectivity index (χ0v) is 13.0. The number of nitrogens with one attached hydrogen (secondary N) is 1. The monoisotopic (exact) mass is 312 g/mol. The van der Waals surface area contributed by atoms with Gasteiger partial charge in [-0.3, -0.25) is 9.59 Å². The number of para-hydroxylation sites is 1. The normalized spacial score (nSPS) is 17.7. The van der Waals surface area contributed by atoms with E-state index in [1.165, 1.54) is 18.2 Å². The number of carbonyl (C=O) groups is 2. The van der Waals surface area contributed by atoms with Crippen LogP contribution in [0.15, 0.2) is 42.5 Å². The van der Waals surface area contributed by atoms with Crippen LogP contribution in [-0.4, -0.2) is 17.9 Å². The predicted molar refractivity (Wildman–Crippen MR) is 86.8 cm³/mol. The average molecular weight is 312 g/mol. The molecule has 0 spiro atoms. The van der Waals surface area contributed by atoms with E-state index in [1.54, 1.807) is 6.07 Å². The topological polar surface area (TPSA) is 49.4 Å². The molecule has 1 heterocycles. The van der Waals surface area contributed by atoms with Crippen LogP contribution in [0.3, 0.4) is 0 Å². The van der Waals surface area contributed by atoms with Crippen LogP contribution in [0.5, 0.6) is 0 Å². The fraction of sp³-hybridized carbons (Fsp3) is 0.222. The molecule has 0 aliphatic carbocycles. The number of benzene rings is 2. The Morgan fingerprint density at radius 1 is 1.09 bits per heavy atom. The maximum atomic E-state index is 13.9. The molecule has 1 saturated heterocycles. The molecular weight excluding hydrogens is 295 g/mol. The minimum atomic E-state index is -0.677. The lowest BCUT2D eigenvalue weighted by Gasteiger charge is -2.17. The number of anilines is 2. The Bertz CT molecular complexity index is 768. The molecule has 23 heavy (non-hydrogen) atoms. The Morgan fingerprint density at radius 2 is 1.74 bits per heavy atom. The Labute approximate surface area is 133 Å². The summed E-state index contributed by atoms with van der Waals surface area (Å²) >= 11 is 0. The summed E-state index contributed by atoms with van der Waals surface area (Å²) in [5, 5.41) is 3.09. The highest BCUT2D eigenvalue weighted by Gasteiger charge is 2.40. The first-order valence-electron chi connectivity index (χ1n) is 7.42. The molecule has 5 heteroatoms. The number of hydrogen-bond donors (Lipinski definition) is 1. The van der Waals surface area contributed by atoms with Gasteiger partial charge in [0, 0.05) is 5.69 Å². The van der Waals surface area contributed by atoms with Crippen LogP contribution in [0, 0.1) is 19.7 Å². The summed E-state index contributed by atoms with van der Waals surface area (Å²) in [4.78, 5) is 25.6. The van der Waals surface area contributed by atoms with Gasteiger partial charge in [-0.05, 0) is 49.2 Å². The second-order valence-corrected chi connectivity index (χ2v) is 5.80. The lowest BCUT2D eigenvalue weighted by atomic mass is 10.1. The minimum Gasteiger partial charge on any atom is -0.373 e. The van der Waals surface area contributed by atoms with Gasteiger partial charge in [0.25, 0.3) is 5.91 Å². The van der Waals surface area contributed by atoms with Crippen molar-refractivity contribution in [2.45, 2.75) is 26.3 Å². The second-order valence-electron chi connectivity index (χ2n) is 5.80. The maximum absolute atomic E-state index is 13.9. The maximum Gasteiger partial charge on any atom is 0.256 e. The SMILES string of the molecule is Cc1cc(C)cc(NC2CC(=O)N(c3ccccc3F)C2=O)c1. The molecule has 0 saturated carbocycles. The van der Waals surface area contributed by atoms with Gasteiger partial charge in [0.1, 0.15) is 11.9 Å². The molecule has 2 aromatic rings. The average Bonchev–Trinajstić information content (AvgIpc) is 2.73. The third kappa shape index (κ3) is 2.95. The molecule has 1 N–H and O–H groups in total. The molecule has 118 valence electrons. The van der Waals surface area contributed by atoms with Gasteiger partial charge in [-0.1, -0.05) is 18.2 Å². The van der Waals surface area contributed by atoms with E-state index in [2.05, 4.69) is 5.32 Å². The standard InChI is InChI=1S/C18H17FN2O2/c1-11-7-12(2)9-13(8-11)20-15-10-17(22)21(18(15)23)16-6-4-3-5-14(16)19/h3-9,15,20H,10H2,1-2H3. The molecule has 4 nitrogen and oxygen atoms in total. The molecule has 1 atom stereocenters. The molecule has 0 aromatic heterocycles. The zero-order valence-electron chi connectivity index (χ0n) is 13.0. The van der Waals surface area contributed by atoms with Gasteiger partial charge in [0.2, 0.25) is 5.91 Å². The highest BCUT2D eigenvalue weighted by Crippen LogP contribution is 2.27. The van der Waals surface area contributed by atoms with E-state index in [0.717, 1.165) is 21.7 Å². The van der Waals surface area contributed by atoms with E-state index in [4.69, 9.17) is 0 Å². The van der Waals surface area contributed by atoms with E-state index in [0.29, 0.717) is 0 Å². The Kier molecular flexibility index (Phi) is 3.86. The molecule has 0 bridgehead atoms. The highest BCUT2D eigenvalue weighted by atomic mass is 19.1. The lowest BCUT2D eigenvalue weighted by molar-refractivity contribution is -0.121. The molecule has 3 rings (SSSR count). The summed E-state index contributed by atoms with van der Waals surface area (Å²) in [6, 6.07) is 11.0. The summed E-state index contributed by atoms with van der Waals surface area (Å²) in [6.45, 7) is 3.93. The van der Waals surface area contributed by atoms with Crippen molar-refractivity contribution in [1.29, 1.82) is 0 Å². The minimum absolute atomic E-state index is 0.00669. The van der Waals surface area contributed by atoms with Crippen molar-refractivity contribution in [2.75, 3.05) is 10.2 Å². The third-order valence-corrected chi connectivity index (χ3v) is 3.80. The van der Waals surface area contributed by atoms with Crippen LogP contribution in [0.2, 0.25) is 0 Å². The molecule has 2 aromatic carbocycles. The molecule has 2 amide bonds. The summed E-state index contributed by atoms with van der Waals surface area (Å²) in [5.41, 5.74) is 2.92. The first-order valence-corrected chi connectivity index (χ1v) is 7.42. The van der Waals surface area contributed by atoms with E-state index in [9.17, 15) is 14.0 Å². The summed E-state index contributed by atoms with van der Waals surface area (Å²) in [7, 11) is 0. The van der Waals surface area contributed by atoms with Gasteiger partial charge in [-0.15, -0.1) is 0 Å². The molecular formula is C18H17FN2O2. The number of rotatable bonds is 3. The number of nitrogens with zero attached hydrogens (tertiary/aromatic N) is 1. The number of amides is 2. The van der Waals surface area contributed by atoms with Crippen molar-refractivity contribution in [2.24, 2.45) is 0 Å². The first kappa shape index (κ1) is 15.2. The van der Waals surface area contributed by atoms with Gasteiger partial charge in [0.15, 0.2) is 0 Å². The number of halogens is 1. The quantitative estimate of drug-likeness (QED) is 0.886. The number of imide groups is 1. The van der Waals surface area contributed by atoms with Crippen molar-refractivity contribution in [3.8, 4) is 0 Å². The van der Waals surface area contributed by atoms with Crippen LogP contribution in [0.25, 0.3) is 0 Å². The van der Waals surface area contributed by atoms with Crippen molar-refractivity contribution in [3.05, 3.63) is 59.4 Å². The van der Waals surface area contributed by atoms with Crippen molar-refractivity contribution >= 4 is 23.2 Å². The largest absolute Gasteiger partial charge is 0.373 e. The van der Waals surface area contributed by atoms with Crippen LogP contribution in [-0.2, 0) is 9.59 Å². The fourth-order valence-corrected chi connectivity index (χ4v) is 2.89. The van der Waals surface area contributed by atoms with E-state index >= 15 is 0 Å². The first-order chi connectivity index (χ1) is 11.0. The number of hydrogen-bond acceptors (Lipinski definition) is 3. The zero-order chi connectivity index (χ0) is 16.6. The molecule has 1 aliphatic heterocycles. The van der Waals surface area contributed by atoms with Gasteiger partial charge < -0.3 is 5.32 Å². The van der Waals surface area contributed by atoms with Gasteiger partial charge >= 0.3 is 0 Å². The van der Waals surface area contributed by atoms with Gasteiger partial charge in [-0.25, -0.2) is 9.29 Å². The van der Waals surface area contributed by atoms with Gasteiger partial charge in [-0.2, -0.15) is 0 Å². The number of aryl methyl sites for hydroxylation is 2. The Morgan fingerprint density at radius 3 is 2.39 bits per heavy atom. The molecule has 1 fully saturated rings. The van der Waals surface area contributed by atoms with E-state index in [-0.39, 0.29) is 12.1 Å². The molecule has 1 aliphatic rings. The Hall–Kier alpha value is -2.69. The van der Waals surface area contributed by atoms with Crippen LogP contribution < -0.4 is 10.2 Å². The second kappa shape index (κ2) is 5.83. The van der Waals surface area contributed by atoms with Crippen LogP contribution in [0.4, 0.5) is 15.8 Å². The third-order valence-electron chi connectivity index (χ3n) is 3.80. The molecule has 1 unspecified atom stereocenters. The summed E-state index contributed by atoms with van der Waals surface area (Å²) < 4.78 is 13.9. The lowest BCUT2D eigenvalue weighted by Crippen LogP contribution is -2.35.